The van der Waals surface area contributed by atoms with E-state index in [9.17, 15) is 14.4 Å². The Hall–Kier alpha value is -3.55. The van der Waals surface area contributed by atoms with Crippen molar-refractivity contribution in [2.75, 3.05) is 10.2 Å². The molecule has 0 aliphatic carbocycles. The second kappa shape index (κ2) is 8.90. The predicted octanol–water partition coefficient (Wildman–Crippen LogP) is 5.23. The van der Waals surface area contributed by atoms with Gasteiger partial charge < -0.3 is 15.2 Å². The third-order valence-corrected chi connectivity index (χ3v) is 5.38. The molecule has 32 heavy (non-hydrogen) atoms. The minimum absolute atomic E-state index is 0.0415. The van der Waals surface area contributed by atoms with E-state index in [1.54, 1.807) is 42.5 Å². The lowest BCUT2D eigenvalue weighted by Gasteiger charge is -2.17. The molecule has 1 aliphatic rings. The Balaban J connectivity index is 1.46. The fourth-order valence-electron chi connectivity index (χ4n) is 3.27. The zero-order valence-electron chi connectivity index (χ0n) is 16.4. The molecular weight excluding hydrogens is 455 g/mol. The number of rotatable bonds is 6. The summed E-state index contributed by atoms with van der Waals surface area (Å²) in [6.07, 6.45) is -0.0415. The van der Waals surface area contributed by atoms with Gasteiger partial charge in [0.05, 0.1) is 22.7 Å². The molecule has 3 aromatic carbocycles. The molecule has 3 aromatic rings. The fraction of sp³-hybridized carbons (Fsp3) is 0.0870. The zero-order chi connectivity index (χ0) is 22.8. The van der Waals surface area contributed by atoms with Gasteiger partial charge in [-0.25, -0.2) is 9.69 Å². The van der Waals surface area contributed by atoms with Crippen molar-refractivity contribution in [3.8, 4) is 11.5 Å². The number of nitrogens with zero attached hydrogens (tertiary/aromatic N) is 1. The molecule has 1 atom stereocenters. The third kappa shape index (κ3) is 4.54. The van der Waals surface area contributed by atoms with Crippen molar-refractivity contribution in [1.29, 1.82) is 0 Å². The van der Waals surface area contributed by atoms with Gasteiger partial charge >= 0.3 is 5.97 Å². The molecule has 1 aliphatic heterocycles. The SMILES string of the molecule is O=C(O)c1ccc(N2C(=O)CC(Nc3ccc(Oc4ccc(Cl)cc4)c(Cl)c3)C2=O)cc1. The van der Waals surface area contributed by atoms with E-state index in [-0.39, 0.29) is 17.9 Å². The number of carbonyl (C=O) groups excluding carboxylic acids is 2. The number of anilines is 2. The number of carbonyl (C=O) groups is 3. The molecule has 0 radical (unpaired) electrons. The van der Waals surface area contributed by atoms with Gasteiger partial charge in [-0.3, -0.25) is 9.59 Å². The minimum Gasteiger partial charge on any atom is -0.478 e. The number of imide groups is 1. The molecular formula is C23H16Cl2N2O5. The summed E-state index contributed by atoms with van der Waals surface area (Å²) in [5.74, 6) is -0.915. The summed E-state index contributed by atoms with van der Waals surface area (Å²) in [4.78, 5) is 37.3. The highest BCUT2D eigenvalue weighted by atomic mass is 35.5. The number of aromatic carboxylic acids is 1. The van der Waals surface area contributed by atoms with Crippen LogP contribution >= 0.6 is 23.2 Å². The molecule has 1 unspecified atom stereocenters. The van der Waals surface area contributed by atoms with E-state index in [1.807, 2.05) is 0 Å². The predicted molar refractivity (Wildman–Crippen MR) is 121 cm³/mol. The third-order valence-electron chi connectivity index (χ3n) is 4.83. The Morgan fingerprint density at radius 3 is 2.31 bits per heavy atom. The first kappa shape index (κ1) is 21.7. The van der Waals surface area contributed by atoms with Crippen molar-refractivity contribution >= 4 is 52.4 Å². The summed E-state index contributed by atoms with van der Waals surface area (Å²) in [5, 5.41) is 12.9. The summed E-state index contributed by atoms with van der Waals surface area (Å²) >= 11 is 12.2. The smallest absolute Gasteiger partial charge is 0.335 e. The van der Waals surface area contributed by atoms with E-state index in [0.29, 0.717) is 32.9 Å². The number of amides is 2. The Kier molecular flexibility index (Phi) is 6.03. The van der Waals surface area contributed by atoms with Crippen molar-refractivity contribution in [3.05, 3.63) is 82.3 Å². The molecule has 9 heteroatoms. The van der Waals surface area contributed by atoms with Gasteiger partial charge in [-0.15, -0.1) is 0 Å². The van der Waals surface area contributed by atoms with E-state index in [0.717, 1.165) is 4.90 Å². The van der Waals surface area contributed by atoms with Gasteiger partial charge in [-0.1, -0.05) is 23.2 Å². The van der Waals surface area contributed by atoms with E-state index in [2.05, 4.69) is 5.32 Å². The lowest BCUT2D eigenvalue weighted by molar-refractivity contribution is -0.121. The zero-order valence-corrected chi connectivity index (χ0v) is 17.9. The van der Waals surface area contributed by atoms with Crippen molar-refractivity contribution in [2.24, 2.45) is 0 Å². The van der Waals surface area contributed by atoms with Gasteiger partial charge in [-0.05, 0) is 66.7 Å². The normalized spacial score (nSPS) is 15.7. The average Bonchev–Trinajstić information content (AvgIpc) is 3.04. The molecule has 1 heterocycles. The molecule has 0 saturated carbocycles. The van der Waals surface area contributed by atoms with Crippen LogP contribution in [0.5, 0.6) is 11.5 Å². The van der Waals surface area contributed by atoms with Crippen LogP contribution in [-0.4, -0.2) is 28.9 Å². The van der Waals surface area contributed by atoms with Crippen LogP contribution in [0.3, 0.4) is 0 Å². The van der Waals surface area contributed by atoms with Crippen molar-refractivity contribution in [1.82, 2.24) is 0 Å². The van der Waals surface area contributed by atoms with Crippen molar-refractivity contribution in [3.63, 3.8) is 0 Å². The average molecular weight is 471 g/mol. The van der Waals surface area contributed by atoms with Crippen LogP contribution in [0.1, 0.15) is 16.8 Å². The molecule has 7 nitrogen and oxygen atoms in total. The monoisotopic (exact) mass is 470 g/mol. The fourth-order valence-corrected chi connectivity index (χ4v) is 3.62. The van der Waals surface area contributed by atoms with Gasteiger partial charge in [0, 0.05) is 10.7 Å². The molecule has 0 bridgehead atoms. The van der Waals surface area contributed by atoms with Crippen LogP contribution in [0.25, 0.3) is 0 Å². The van der Waals surface area contributed by atoms with Crippen LogP contribution in [0, 0.1) is 0 Å². The highest BCUT2D eigenvalue weighted by Gasteiger charge is 2.39. The Labute approximate surface area is 193 Å². The molecule has 1 fully saturated rings. The first-order chi connectivity index (χ1) is 15.3. The molecule has 2 amide bonds. The number of ether oxygens (including phenoxy) is 1. The second-order valence-electron chi connectivity index (χ2n) is 7.02. The molecule has 162 valence electrons. The highest BCUT2D eigenvalue weighted by Crippen LogP contribution is 2.33. The number of benzene rings is 3. The Morgan fingerprint density at radius 1 is 1.00 bits per heavy atom. The van der Waals surface area contributed by atoms with Gasteiger partial charge in [0.25, 0.3) is 5.91 Å². The Morgan fingerprint density at radius 2 is 1.69 bits per heavy atom. The molecule has 2 N–H and O–H groups in total. The molecule has 1 saturated heterocycles. The number of carboxylic acids is 1. The lowest BCUT2D eigenvalue weighted by Crippen LogP contribution is -2.34. The van der Waals surface area contributed by atoms with Crippen LogP contribution < -0.4 is 15.0 Å². The summed E-state index contributed by atoms with van der Waals surface area (Å²) < 4.78 is 5.74. The summed E-state index contributed by atoms with van der Waals surface area (Å²) in [6, 6.07) is 16.6. The van der Waals surface area contributed by atoms with Crippen LogP contribution in [-0.2, 0) is 9.59 Å². The van der Waals surface area contributed by atoms with E-state index in [4.69, 9.17) is 33.0 Å². The number of hydrogen-bond acceptors (Lipinski definition) is 5. The molecule has 4 rings (SSSR count). The summed E-state index contributed by atoms with van der Waals surface area (Å²) in [7, 11) is 0. The van der Waals surface area contributed by atoms with Gasteiger partial charge in [-0.2, -0.15) is 0 Å². The van der Waals surface area contributed by atoms with Crippen molar-refractivity contribution < 1.29 is 24.2 Å². The largest absolute Gasteiger partial charge is 0.478 e. The maximum absolute atomic E-state index is 12.8. The van der Waals surface area contributed by atoms with Gasteiger partial charge in [0.2, 0.25) is 5.91 Å². The van der Waals surface area contributed by atoms with E-state index >= 15 is 0 Å². The molecule has 0 aromatic heterocycles. The number of halogens is 2. The highest BCUT2D eigenvalue weighted by molar-refractivity contribution is 6.32. The van der Waals surface area contributed by atoms with Crippen LogP contribution in [0.15, 0.2) is 66.7 Å². The van der Waals surface area contributed by atoms with E-state index in [1.165, 1.54) is 24.3 Å². The Bertz CT molecular complexity index is 1200. The molecule has 0 spiro atoms. The second-order valence-corrected chi connectivity index (χ2v) is 7.87. The standard InChI is InChI=1S/C23H16Cl2N2O5/c24-14-3-8-17(9-4-14)32-20-10-5-15(11-18(20)25)26-19-12-21(28)27(22(19)29)16-6-1-13(2-7-16)23(30)31/h1-11,19,26H,12H2,(H,30,31). The minimum atomic E-state index is -1.09. The number of carboxylic acid groups (broad SMARTS) is 1. The van der Waals surface area contributed by atoms with Crippen molar-refractivity contribution in [2.45, 2.75) is 12.5 Å². The summed E-state index contributed by atoms with van der Waals surface area (Å²) in [6.45, 7) is 0. The van der Waals surface area contributed by atoms with E-state index < -0.39 is 17.9 Å². The lowest BCUT2D eigenvalue weighted by atomic mass is 10.2. The quantitative estimate of drug-likeness (QED) is 0.478. The number of hydrogen-bond donors (Lipinski definition) is 2. The maximum Gasteiger partial charge on any atom is 0.335 e. The number of nitrogens with one attached hydrogen (secondary N) is 1. The van der Waals surface area contributed by atoms with Crippen LogP contribution in [0.4, 0.5) is 11.4 Å². The van der Waals surface area contributed by atoms with Gasteiger partial charge in [0.15, 0.2) is 0 Å². The topological polar surface area (TPSA) is 95.9 Å². The first-order valence-corrected chi connectivity index (χ1v) is 10.3. The van der Waals surface area contributed by atoms with Gasteiger partial charge in [0.1, 0.15) is 17.5 Å². The first-order valence-electron chi connectivity index (χ1n) is 9.51. The van der Waals surface area contributed by atoms with Crippen LogP contribution in [0.2, 0.25) is 10.0 Å². The maximum atomic E-state index is 12.8. The summed E-state index contributed by atoms with van der Waals surface area (Å²) in [5.41, 5.74) is 0.935.